The summed E-state index contributed by atoms with van der Waals surface area (Å²) in [5, 5.41) is 0. The van der Waals surface area contributed by atoms with Gasteiger partial charge in [0, 0.05) is 36.8 Å². The molecule has 1 aromatic carbocycles. The number of hydrogen-bond acceptors (Lipinski definition) is 4. The van der Waals surface area contributed by atoms with Gasteiger partial charge in [0.05, 0.1) is 21.9 Å². The predicted octanol–water partition coefficient (Wildman–Crippen LogP) is 4.38. The topological polar surface area (TPSA) is 32.8 Å². The van der Waals surface area contributed by atoms with Crippen molar-refractivity contribution in [1.82, 2.24) is 4.90 Å². The Labute approximate surface area is 162 Å². The number of hydrogen-bond donors (Lipinski definition) is 0. The van der Waals surface area contributed by atoms with Gasteiger partial charge in [-0.05, 0) is 49.6 Å². The number of rotatable bonds is 4. The maximum atomic E-state index is 12.7. The van der Waals surface area contributed by atoms with Crippen molar-refractivity contribution in [2.24, 2.45) is 0 Å². The highest BCUT2D eigenvalue weighted by molar-refractivity contribution is 9.13. The van der Waals surface area contributed by atoms with E-state index in [4.69, 9.17) is 4.74 Å². The fourth-order valence-corrected chi connectivity index (χ4v) is 4.76. The number of morpholine rings is 1. The molecule has 2 heterocycles. The van der Waals surface area contributed by atoms with E-state index in [1.54, 1.807) is 4.90 Å². The number of benzene rings is 1. The Morgan fingerprint density at radius 1 is 1.29 bits per heavy atom. The summed E-state index contributed by atoms with van der Waals surface area (Å²) in [6, 6.07) is 10.1. The number of carbonyl (C=O) groups is 1. The quantitative estimate of drug-likeness (QED) is 0.660. The standard InChI is InChI=1S/C17H18Br2N2O2S/c1-20(17(22)15-10-13(18)16(19)24-15)11-12-4-2-3-5-14(12)21-6-8-23-9-7-21/h2-5,10H,6-9,11H2,1H3. The fraction of sp³-hybridized carbons (Fsp3) is 0.353. The first-order valence-corrected chi connectivity index (χ1v) is 10.1. The van der Waals surface area contributed by atoms with Crippen LogP contribution in [0.4, 0.5) is 5.69 Å². The first-order valence-electron chi connectivity index (χ1n) is 7.67. The number of anilines is 1. The van der Waals surface area contributed by atoms with Crippen molar-refractivity contribution in [2.45, 2.75) is 6.54 Å². The molecule has 0 unspecified atom stereocenters. The third-order valence-corrected chi connectivity index (χ3v) is 7.20. The zero-order valence-corrected chi connectivity index (χ0v) is 17.3. The maximum Gasteiger partial charge on any atom is 0.264 e. The molecule has 1 aliphatic heterocycles. The highest BCUT2D eigenvalue weighted by atomic mass is 79.9. The van der Waals surface area contributed by atoms with Gasteiger partial charge in [-0.25, -0.2) is 0 Å². The number of thiophene rings is 1. The van der Waals surface area contributed by atoms with Gasteiger partial charge >= 0.3 is 0 Å². The molecule has 1 fully saturated rings. The van der Waals surface area contributed by atoms with Gasteiger partial charge in [0.1, 0.15) is 0 Å². The number of carbonyl (C=O) groups excluding carboxylic acids is 1. The zero-order chi connectivity index (χ0) is 17.1. The summed E-state index contributed by atoms with van der Waals surface area (Å²) in [4.78, 5) is 17.5. The second-order valence-electron chi connectivity index (χ2n) is 5.62. The van der Waals surface area contributed by atoms with Gasteiger partial charge in [-0.2, -0.15) is 0 Å². The lowest BCUT2D eigenvalue weighted by Gasteiger charge is -2.31. The lowest BCUT2D eigenvalue weighted by Crippen LogP contribution is -2.37. The molecule has 4 nitrogen and oxygen atoms in total. The van der Waals surface area contributed by atoms with Crippen LogP contribution >= 0.6 is 43.2 Å². The van der Waals surface area contributed by atoms with E-state index in [9.17, 15) is 4.79 Å². The van der Waals surface area contributed by atoms with Crippen LogP contribution in [0.15, 0.2) is 38.6 Å². The summed E-state index contributed by atoms with van der Waals surface area (Å²) >= 11 is 8.33. The SMILES string of the molecule is CN(Cc1ccccc1N1CCOCC1)C(=O)c1cc(Br)c(Br)s1. The zero-order valence-electron chi connectivity index (χ0n) is 13.3. The van der Waals surface area contributed by atoms with Crippen LogP contribution in [-0.4, -0.2) is 44.2 Å². The molecule has 7 heteroatoms. The molecule has 1 saturated heterocycles. The number of ether oxygens (including phenoxy) is 1. The van der Waals surface area contributed by atoms with Gasteiger partial charge in [-0.15, -0.1) is 11.3 Å². The number of amides is 1. The lowest BCUT2D eigenvalue weighted by atomic mass is 10.1. The van der Waals surface area contributed by atoms with Crippen molar-refractivity contribution in [3.63, 3.8) is 0 Å². The second kappa shape index (κ2) is 7.99. The van der Waals surface area contributed by atoms with E-state index in [0.29, 0.717) is 6.54 Å². The van der Waals surface area contributed by atoms with Crippen LogP contribution in [0.3, 0.4) is 0 Å². The van der Waals surface area contributed by atoms with Gasteiger partial charge in [0.25, 0.3) is 5.91 Å². The Kier molecular flexibility index (Phi) is 5.97. The average Bonchev–Trinajstić information content (AvgIpc) is 2.94. The van der Waals surface area contributed by atoms with Crippen LogP contribution in [-0.2, 0) is 11.3 Å². The Morgan fingerprint density at radius 3 is 2.67 bits per heavy atom. The number of para-hydroxylation sites is 1. The molecule has 0 saturated carbocycles. The van der Waals surface area contributed by atoms with E-state index in [1.807, 2.05) is 25.2 Å². The van der Waals surface area contributed by atoms with Crippen LogP contribution in [0.1, 0.15) is 15.2 Å². The summed E-state index contributed by atoms with van der Waals surface area (Å²) in [5.74, 6) is 0.0307. The first-order chi connectivity index (χ1) is 11.6. The van der Waals surface area contributed by atoms with Crippen molar-refractivity contribution in [3.05, 3.63) is 49.0 Å². The molecular weight excluding hydrogens is 456 g/mol. The minimum atomic E-state index is 0.0307. The van der Waals surface area contributed by atoms with E-state index < -0.39 is 0 Å². The smallest absolute Gasteiger partial charge is 0.264 e. The predicted molar refractivity (Wildman–Crippen MR) is 105 cm³/mol. The Balaban J connectivity index is 1.76. The van der Waals surface area contributed by atoms with E-state index in [0.717, 1.165) is 45.0 Å². The summed E-state index contributed by atoms with van der Waals surface area (Å²) in [6.45, 7) is 3.86. The van der Waals surface area contributed by atoms with E-state index in [1.165, 1.54) is 17.0 Å². The van der Waals surface area contributed by atoms with Gasteiger partial charge in [-0.3, -0.25) is 4.79 Å². The van der Waals surface area contributed by atoms with Crippen LogP contribution in [0.5, 0.6) is 0 Å². The van der Waals surface area contributed by atoms with Crippen molar-refractivity contribution in [2.75, 3.05) is 38.3 Å². The molecule has 2 aromatic rings. The monoisotopic (exact) mass is 472 g/mol. The molecule has 1 amide bonds. The molecule has 1 aromatic heterocycles. The molecule has 1 aliphatic rings. The summed E-state index contributed by atoms with van der Waals surface area (Å²) < 4.78 is 7.29. The van der Waals surface area contributed by atoms with Crippen LogP contribution < -0.4 is 4.90 Å². The third-order valence-electron chi connectivity index (χ3n) is 3.95. The third kappa shape index (κ3) is 4.02. The van der Waals surface area contributed by atoms with Crippen molar-refractivity contribution in [3.8, 4) is 0 Å². The van der Waals surface area contributed by atoms with Gasteiger partial charge in [0.2, 0.25) is 0 Å². The van der Waals surface area contributed by atoms with Gasteiger partial charge in [0.15, 0.2) is 0 Å². The molecule has 0 aliphatic carbocycles. The summed E-state index contributed by atoms with van der Waals surface area (Å²) in [5.41, 5.74) is 2.35. The molecule has 0 atom stereocenters. The van der Waals surface area contributed by atoms with Crippen molar-refractivity contribution < 1.29 is 9.53 Å². The van der Waals surface area contributed by atoms with Crippen LogP contribution in [0.2, 0.25) is 0 Å². The largest absolute Gasteiger partial charge is 0.378 e. The Bertz CT molecular complexity index is 710. The molecule has 0 N–H and O–H groups in total. The van der Waals surface area contributed by atoms with E-state index >= 15 is 0 Å². The Morgan fingerprint density at radius 2 is 2.00 bits per heavy atom. The molecule has 128 valence electrons. The fourth-order valence-electron chi connectivity index (χ4n) is 2.72. The lowest BCUT2D eigenvalue weighted by molar-refractivity contribution is 0.0789. The highest BCUT2D eigenvalue weighted by Gasteiger charge is 2.19. The summed E-state index contributed by atoms with van der Waals surface area (Å²) in [6.07, 6.45) is 0. The second-order valence-corrected chi connectivity index (χ2v) is 8.85. The molecular formula is C17H18Br2N2O2S. The van der Waals surface area contributed by atoms with E-state index in [2.05, 4.69) is 48.9 Å². The number of nitrogens with zero attached hydrogens (tertiary/aromatic N) is 2. The average molecular weight is 474 g/mol. The first kappa shape index (κ1) is 17.9. The Hall–Kier alpha value is -0.890. The van der Waals surface area contributed by atoms with Crippen molar-refractivity contribution >= 4 is 54.8 Å². The maximum absolute atomic E-state index is 12.7. The molecule has 0 radical (unpaired) electrons. The van der Waals surface area contributed by atoms with Crippen LogP contribution in [0, 0.1) is 0 Å². The molecule has 24 heavy (non-hydrogen) atoms. The molecule has 0 spiro atoms. The van der Waals surface area contributed by atoms with Crippen molar-refractivity contribution in [1.29, 1.82) is 0 Å². The minimum Gasteiger partial charge on any atom is -0.378 e. The highest BCUT2D eigenvalue weighted by Crippen LogP contribution is 2.33. The van der Waals surface area contributed by atoms with Crippen LogP contribution in [0.25, 0.3) is 0 Å². The van der Waals surface area contributed by atoms with E-state index in [-0.39, 0.29) is 5.91 Å². The summed E-state index contributed by atoms with van der Waals surface area (Å²) in [7, 11) is 1.85. The van der Waals surface area contributed by atoms with Gasteiger partial charge < -0.3 is 14.5 Å². The normalized spacial score (nSPS) is 14.7. The van der Waals surface area contributed by atoms with Gasteiger partial charge in [-0.1, -0.05) is 18.2 Å². The molecule has 3 rings (SSSR count). The minimum absolute atomic E-state index is 0.0307. The number of halogens is 2. The molecule has 0 bridgehead atoms.